The van der Waals surface area contributed by atoms with E-state index in [1.807, 2.05) is 0 Å². The van der Waals surface area contributed by atoms with E-state index in [0.29, 0.717) is 0 Å². The van der Waals surface area contributed by atoms with Crippen LogP contribution in [0.3, 0.4) is 0 Å². The molecule has 10 unspecified atom stereocenters. The highest BCUT2D eigenvalue weighted by Gasteiger charge is 2.49. The van der Waals surface area contributed by atoms with E-state index < -0.39 is 0 Å². The fourth-order valence-electron chi connectivity index (χ4n) is 29.0. The molecule has 542 valence electrons. The van der Waals surface area contributed by atoms with Gasteiger partial charge in [-0.3, -0.25) is 0 Å². The van der Waals surface area contributed by atoms with Crippen LogP contribution < -0.4 is 0 Å². The second-order valence-corrected chi connectivity index (χ2v) is 42.2. The van der Waals surface area contributed by atoms with Crippen LogP contribution >= 0.6 is 0 Å². The van der Waals surface area contributed by atoms with Gasteiger partial charge in [-0.15, -0.1) is 0 Å². The Hall–Kier alpha value is -0.260. The van der Waals surface area contributed by atoms with Crippen LogP contribution in [-0.2, 0) is 0 Å². The average Bonchev–Trinajstić information content (AvgIpc) is 1.11. The second kappa shape index (κ2) is 35.8. The van der Waals surface area contributed by atoms with Crippen LogP contribution in [0.15, 0.2) is 12.2 Å². The molecule has 20 saturated carbocycles. The van der Waals surface area contributed by atoms with Gasteiger partial charge in [-0.05, 0) is 339 Å². The molecule has 8 bridgehead atoms. The minimum absolute atomic E-state index is 0.800. The molecule has 0 amide bonds. The molecule has 0 aromatic rings. The molecule has 0 N–H and O–H groups in total. The number of rotatable bonds is 0. The molecule has 0 heteroatoms. The Balaban J connectivity index is 0.000000108. The first-order valence-corrected chi connectivity index (χ1v) is 45.1. The lowest BCUT2D eigenvalue weighted by Gasteiger charge is -2.55. The highest BCUT2D eigenvalue weighted by atomic mass is 14.5. The largest absolute Gasteiger partial charge is 0.0880 e. The third-order valence-corrected chi connectivity index (χ3v) is 32.9. The van der Waals surface area contributed by atoms with Gasteiger partial charge in [0, 0.05) is 0 Å². The summed E-state index contributed by atoms with van der Waals surface area (Å²) in [6.07, 6.45) is 95.4. The van der Waals surface area contributed by atoms with Gasteiger partial charge < -0.3 is 0 Å². The van der Waals surface area contributed by atoms with Gasteiger partial charge >= 0.3 is 0 Å². The van der Waals surface area contributed by atoms with E-state index >= 15 is 0 Å². The first kappa shape index (κ1) is 74.9. The Bertz CT molecular complexity index is 2050. The van der Waals surface area contributed by atoms with Gasteiger partial charge in [0.15, 0.2) is 0 Å². The molecular weight excluding hydrogens is 1130 g/mol. The Labute approximate surface area is 589 Å². The summed E-state index contributed by atoms with van der Waals surface area (Å²) in [7, 11) is 0. The normalized spacial score (nSPS) is 43.4. The molecular formula is C94H166. The quantitative estimate of drug-likeness (QED) is 0.212. The van der Waals surface area contributed by atoms with E-state index in [1.165, 1.54) is 167 Å². The summed E-state index contributed by atoms with van der Waals surface area (Å²) >= 11 is 0. The maximum absolute atomic E-state index is 2.54. The molecule has 22 aliphatic rings. The number of hydrogen-bond acceptors (Lipinski definition) is 0. The standard InChI is InChI=1S/C12H22.C12H20.C11H18.2C11H20.2C10H18.C9H16.C8H14/c2*1-10-8-11-4-2-5-12(9-10)7-3-6-11;1-11-5-8-2-9(6-11)4-10(3-8)7-11;1-9-5-4-7-10-6-2-3-8-11(9)10;1-10-5-8-11(9-10)6-3-2-4-7-11;1-9-4-7-10(8-9)5-2-3-6-10;1-9-7-10(8-9)5-3-2-4-6-10;1-7-5-8-3-2-4-9(8)6-7;1-7-5-8(6-7)3-2-4-8/h10-12H,2-9H2,1H3;2,4,10-12H,3,5-9H2,1H3;8-10H,2-7H2,1H3;9-11H,2-8H2,1H3;10H,2-9H2,1H3;2*9H,2-8H2,1H3;7-9H,2-6H2,1H3;7H,2-6H2,1H3/b;4-2-;;;;;;;. The van der Waals surface area contributed by atoms with Crippen molar-refractivity contribution in [3.8, 4) is 0 Å². The highest BCUT2D eigenvalue weighted by Crippen LogP contribution is 2.61. The Kier molecular flexibility index (Phi) is 28.5. The molecule has 0 nitrogen and oxygen atoms in total. The third-order valence-electron chi connectivity index (χ3n) is 32.9. The zero-order valence-corrected chi connectivity index (χ0v) is 65.3. The van der Waals surface area contributed by atoms with Crippen LogP contribution in [0.5, 0.6) is 0 Å². The summed E-state index contributed by atoms with van der Waals surface area (Å²) in [6.45, 7) is 22.0. The zero-order valence-electron chi connectivity index (χ0n) is 65.3. The average molecular weight is 1300 g/mol. The van der Waals surface area contributed by atoms with E-state index in [4.69, 9.17) is 0 Å². The monoisotopic (exact) mass is 1300 g/mol. The predicted molar refractivity (Wildman–Crippen MR) is 411 cm³/mol. The van der Waals surface area contributed by atoms with Gasteiger partial charge in [0.1, 0.15) is 0 Å². The molecule has 0 aromatic carbocycles. The maximum atomic E-state index is 2.54. The fraction of sp³-hybridized carbons (Fsp3) is 0.979. The molecule has 10 atom stereocenters. The van der Waals surface area contributed by atoms with Gasteiger partial charge in [0.25, 0.3) is 0 Å². The Morgan fingerprint density at radius 1 is 0.245 bits per heavy atom. The van der Waals surface area contributed by atoms with Crippen molar-refractivity contribution in [3.05, 3.63) is 12.2 Å². The van der Waals surface area contributed by atoms with Crippen molar-refractivity contribution in [2.45, 2.75) is 441 Å². The van der Waals surface area contributed by atoms with Crippen LogP contribution in [0.4, 0.5) is 0 Å². The van der Waals surface area contributed by atoms with E-state index in [2.05, 4.69) is 74.5 Å². The predicted octanol–water partition coefficient (Wildman–Crippen LogP) is 30.5. The van der Waals surface area contributed by atoms with Crippen LogP contribution in [-0.4, -0.2) is 0 Å². The first-order valence-electron chi connectivity index (χ1n) is 45.1. The summed E-state index contributed by atoms with van der Waals surface area (Å²) in [6, 6.07) is 0. The minimum atomic E-state index is 0.800. The third kappa shape index (κ3) is 22.1. The topological polar surface area (TPSA) is 0 Å². The Morgan fingerprint density at radius 2 is 0.628 bits per heavy atom. The lowest BCUT2D eigenvalue weighted by molar-refractivity contribution is -0.0411. The van der Waals surface area contributed by atoms with Crippen molar-refractivity contribution in [2.75, 3.05) is 0 Å². The van der Waals surface area contributed by atoms with Crippen LogP contribution in [0, 0.1) is 140 Å². The van der Waals surface area contributed by atoms with E-state index in [-0.39, 0.29) is 0 Å². The van der Waals surface area contributed by atoms with Crippen molar-refractivity contribution < 1.29 is 0 Å². The lowest BCUT2D eigenvalue weighted by atomic mass is 9.50. The summed E-state index contributed by atoms with van der Waals surface area (Å²) in [5.74, 6) is 20.4. The molecule has 0 radical (unpaired) electrons. The van der Waals surface area contributed by atoms with Crippen molar-refractivity contribution in [1.29, 1.82) is 0 Å². The number of hydrogen-bond donors (Lipinski definition) is 0. The summed E-state index contributed by atoms with van der Waals surface area (Å²) in [5.41, 5.74) is 4.29. The molecule has 0 aliphatic heterocycles. The van der Waals surface area contributed by atoms with Gasteiger partial charge in [0.2, 0.25) is 0 Å². The minimum Gasteiger partial charge on any atom is -0.0880 e. The SMILES string of the molecule is CC12CC3CC(CC(C3)C1)C2.CC1CC2(CCC2)C1.CC1CC2(CCCCC2)C1.CC1CC2/C=C\CC(CCC2)C1.CC1CC2CCCC(CCC2)C1.CC1CC2CCCC2C1.CC1CCC2(CCCC2)C1.CC1CCC2(CCCCC2)C1.CC1CCCC2CCCCC12. The van der Waals surface area contributed by atoms with Crippen LogP contribution in [0.25, 0.3) is 0 Å². The summed E-state index contributed by atoms with van der Waals surface area (Å²) in [4.78, 5) is 0. The highest BCUT2D eigenvalue weighted by molar-refractivity contribution is 5.01. The molecule has 22 rings (SSSR count). The van der Waals surface area contributed by atoms with Gasteiger partial charge in [0.05, 0.1) is 0 Å². The molecule has 0 saturated heterocycles. The molecule has 22 aliphatic carbocycles. The molecule has 0 aromatic heterocycles. The second-order valence-electron chi connectivity index (χ2n) is 42.2. The fourth-order valence-corrected chi connectivity index (χ4v) is 29.0. The lowest BCUT2D eigenvalue weighted by Crippen LogP contribution is -2.44. The maximum Gasteiger partial charge on any atom is -0.0231 e. The molecule has 20 fully saturated rings. The molecule has 4 spiro atoms. The van der Waals surface area contributed by atoms with Gasteiger partial charge in [-0.1, -0.05) is 254 Å². The van der Waals surface area contributed by atoms with Gasteiger partial charge in [-0.2, -0.15) is 0 Å². The van der Waals surface area contributed by atoms with Crippen LogP contribution in [0.1, 0.15) is 441 Å². The summed E-state index contributed by atoms with van der Waals surface area (Å²) in [5, 5.41) is 0. The van der Waals surface area contributed by atoms with Crippen molar-refractivity contribution in [2.24, 2.45) is 140 Å². The molecule has 94 heavy (non-hydrogen) atoms. The number of allylic oxidation sites excluding steroid dienone is 2. The van der Waals surface area contributed by atoms with Crippen molar-refractivity contribution >= 4 is 0 Å². The van der Waals surface area contributed by atoms with Crippen molar-refractivity contribution in [1.82, 2.24) is 0 Å². The van der Waals surface area contributed by atoms with Crippen LogP contribution in [0.2, 0.25) is 0 Å². The Morgan fingerprint density at radius 3 is 1.09 bits per heavy atom. The first-order chi connectivity index (χ1) is 45.4. The van der Waals surface area contributed by atoms with Gasteiger partial charge in [-0.25, -0.2) is 0 Å². The molecule has 0 heterocycles. The smallest absolute Gasteiger partial charge is 0.0231 e. The summed E-state index contributed by atoms with van der Waals surface area (Å²) < 4.78 is 0. The van der Waals surface area contributed by atoms with E-state index in [9.17, 15) is 0 Å². The van der Waals surface area contributed by atoms with E-state index in [0.717, 1.165) is 140 Å². The van der Waals surface area contributed by atoms with Crippen molar-refractivity contribution in [3.63, 3.8) is 0 Å². The zero-order chi connectivity index (χ0) is 65.6. The van der Waals surface area contributed by atoms with E-state index in [1.54, 1.807) is 212 Å². The number of fused-ring (bicyclic) bond motifs is 13.